The van der Waals surface area contributed by atoms with Gasteiger partial charge in [-0.1, -0.05) is 0 Å². The van der Waals surface area contributed by atoms with Crippen LogP contribution in [-0.2, 0) is 0 Å². The second kappa shape index (κ2) is 5.18. The Kier molecular flexibility index (Phi) is 3.23. The molecule has 3 N–H and O–H groups in total. The van der Waals surface area contributed by atoms with Crippen molar-refractivity contribution in [3.63, 3.8) is 0 Å². The molecule has 0 radical (unpaired) electrons. The van der Waals surface area contributed by atoms with Crippen molar-refractivity contribution < 1.29 is 0 Å². The van der Waals surface area contributed by atoms with E-state index in [2.05, 4.69) is 25.8 Å². The van der Waals surface area contributed by atoms with Crippen LogP contribution >= 0.6 is 0 Å². The van der Waals surface area contributed by atoms with Gasteiger partial charge in [-0.2, -0.15) is 0 Å². The van der Waals surface area contributed by atoms with Crippen LogP contribution in [0.5, 0.6) is 0 Å². The lowest BCUT2D eigenvalue weighted by Gasteiger charge is -2.10. The van der Waals surface area contributed by atoms with Crippen LogP contribution in [0.2, 0.25) is 0 Å². The Labute approximate surface area is 106 Å². The van der Waals surface area contributed by atoms with Gasteiger partial charge in [-0.3, -0.25) is 0 Å². The molecule has 0 spiro atoms. The number of hydrogen-bond donors (Lipinski definition) is 3. The molecule has 1 saturated heterocycles. The molecule has 1 aliphatic heterocycles. The SMILES string of the molecule is c1c[nH]c(-c2ccc(NCC3CCNC3)nn2)c1. The van der Waals surface area contributed by atoms with Crippen molar-refractivity contribution in [2.45, 2.75) is 6.42 Å². The number of aromatic nitrogens is 3. The molecule has 3 heterocycles. The van der Waals surface area contributed by atoms with Gasteiger partial charge in [0, 0.05) is 12.7 Å². The second-order valence-corrected chi connectivity index (χ2v) is 4.63. The van der Waals surface area contributed by atoms with Gasteiger partial charge in [0.05, 0.1) is 5.69 Å². The summed E-state index contributed by atoms with van der Waals surface area (Å²) in [5.41, 5.74) is 1.86. The van der Waals surface area contributed by atoms with Gasteiger partial charge in [-0.25, -0.2) is 0 Å². The molecule has 5 nitrogen and oxygen atoms in total. The third-order valence-electron chi connectivity index (χ3n) is 3.27. The number of nitrogens with one attached hydrogen (secondary N) is 3. The fourth-order valence-electron chi connectivity index (χ4n) is 2.20. The smallest absolute Gasteiger partial charge is 0.148 e. The average Bonchev–Trinajstić information content (AvgIpc) is 3.10. The van der Waals surface area contributed by atoms with Crippen LogP contribution in [-0.4, -0.2) is 34.8 Å². The lowest BCUT2D eigenvalue weighted by Crippen LogP contribution is -2.17. The van der Waals surface area contributed by atoms with E-state index in [9.17, 15) is 0 Å². The number of rotatable bonds is 4. The van der Waals surface area contributed by atoms with Gasteiger partial charge in [-0.15, -0.1) is 10.2 Å². The molecule has 2 aromatic rings. The van der Waals surface area contributed by atoms with Crippen molar-refractivity contribution in [3.8, 4) is 11.4 Å². The molecule has 0 amide bonds. The van der Waals surface area contributed by atoms with E-state index in [0.29, 0.717) is 5.92 Å². The summed E-state index contributed by atoms with van der Waals surface area (Å²) >= 11 is 0. The minimum absolute atomic E-state index is 0.704. The van der Waals surface area contributed by atoms with Crippen LogP contribution in [0.15, 0.2) is 30.5 Å². The topological polar surface area (TPSA) is 65.6 Å². The zero-order valence-electron chi connectivity index (χ0n) is 10.2. The zero-order chi connectivity index (χ0) is 12.2. The molecule has 5 heteroatoms. The fraction of sp³-hybridized carbons (Fsp3) is 0.385. The van der Waals surface area contributed by atoms with Crippen molar-refractivity contribution in [3.05, 3.63) is 30.5 Å². The summed E-state index contributed by atoms with van der Waals surface area (Å²) in [6.45, 7) is 3.19. The quantitative estimate of drug-likeness (QED) is 0.761. The van der Waals surface area contributed by atoms with Gasteiger partial charge in [0.1, 0.15) is 11.5 Å². The van der Waals surface area contributed by atoms with E-state index in [1.54, 1.807) is 0 Å². The highest BCUT2D eigenvalue weighted by Crippen LogP contribution is 2.15. The molecule has 0 saturated carbocycles. The monoisotopic (exact) mass is 243 g/mol. The number of H-pyrrole nitrogens is 1. The summed E-state index contributed by atoms with van der Waals surface area (Å²) in [7, 11) is 0. The lowest BCUT2D eigenvalue weighted by atomic mass is 10.1. The van der Waals surface area contributed by atoms with Gasteiger partial charge in [0.15, 0.2) is 0 Å². The van der Waals surface area contributed by atoms with Crippen molar-refractivity contribution >= 4 is 5.82 Å². The highest BCUT2D eigenvalue weighted by Gasteiger charge is 2.13. The Bertz CT molecular complexity index is 471. The minimum atomic E-state index is 0.704. The predicted molar refractivity (Wildman–Crippen MR) is 71.3 cm³/mol. The van der Waals surface area contributed by atoms with Crippen LogP contribution < -0.4 is 10.6 Å². The van der Waals surface area contributed by atoms with Gasteiger partial charge < -0.3 is 15.6 Å². The van der Waals surface area contributed by atoms with Crippen LogP contribution in [0, 0.1) is 5.92 Å². The molecule has 2 aromatic heterocycles. The molecular formula is C13H17N5. The van der Waals surface area contributed by atoms with E-state index >= 15 is 0 Å². The third kappa shape index (κ3) is 2.51. The molecule has 0 bridgehead atoms. The maximum absolute atomic E-state index is 4.21. The van der Waals surface area contributed by atoms with Crippen molar-refractivity contribution in [1.82, 2.24) is 20.5 Å². The summed E-state index contributed by atoms with van der Waals surface area (Å²) in [5.74, 6) is 1.55. The molecule has 1 unspecified atom stereocenters. The Balaban J connectivity index is 1.60. The Morgan fingerprint density at radius 2 is 2.28 bits per heavy atom. The van der Waals surface area contributed by atoms with E-state index in [1.807, 2.05) is 30.5 Å². The van der Waals surface area contributed by atoms with Gasteiger partial charge in [0.2, 0.25) is 0 Å². The van der Waals surface area contributed by atoms with Crippen molar-refractivity contribution in [2.75, 3.05) is 25.0 Å². The second-order valence-electron chi connectivity index (χ2n) is 4.63. The fourth-order valence-corrected chi connectivity index (χ4v) is 2.20. The summed E-state index contributed by atoms with van der Waals surface area (Å²) in [5, 5.41) is 15.1. The number of hydrogen-bond acceptors (Lipinski definition) is 4. The summed E-state index contributed by atoms with van der Waals surface area (Å²) in [4.78, 5) is 3.12. The van der Waals surface area contributed by atoms with E-state index < -0.39 is 0 Å². The number of aromatic amines is 1. The summed E-state index contributed by atoms with van der Waals surface area (Å²) in [6.07, 6.45) is 3.12. The van der Waals surface area contributed by atoms with E-state index in [0.717, 1.165) is 36.8 Å². The third-order valence-corrected chi connectivity index (χ3v) is 3.27. The number of nitrogens with zero attached hydrogens (tertiary/aromatic N) is 2. The van der Waals surface area contributed by atoms with Crippen LogP contribution in [0.25, 0.3) is 11.4 Å². The molecule has 0 aliphatic carbocycles. The highest BCUT2D eigenvalue weighted by atomic mass is 15.2. The van der Waals surface area contributed by atoms with Gasteiger partial charge in [-0.05, 0) is 49.7 Å². The molecule has 94 valence electrons. The normalized spacial score (nSPS) is 19.0. The first-order valence-corrected chi connectivity index (χ1v) is 6.34. The van der Waals surface area contributed by atoms with Crippen LogP contribution in [0.4, 0.5) is 5.82 Å². The Morgan fingerprint density at radius 1 is 1.28 bits per heavy atom. The zero-order valence-corrected chi connectivity index (χ0v) is 10.2. The van der Waals surface area contributed by atoms with Gasteiger partial charge >= 0.3 is 0 Å². The highest BCUT2D eigenvalue weighted by molar-refractivity contribution is 5.54. The lowest BCUT2D eigenvalue weighted by molar-refractivity contribution is 0.613. The van der Waals surface area contributed by atoms with Crippen molar-refractivity contribution in [2.24, 2.45) is 5.92 Å². The van der Waals surface area contributed by atoms with E-state index in [4.69, 9.17) is 0 Å². The molecule has 1 aliphatic rings. The maximum Gasteiger partial charge on any atom is 0.148 e. The first-order valence-electron chi connectivity index (χ1n) is 6.34. The molecule has 18 heavy (non-hydrogen) atoms. The molecule has 1 atom stereocenters. The number of anilines is 1. The largest absolute Gasteiger partial charge is 0.368 e. The molecule has 1 fully saturated rings. The Hall–Kier alpha value is -1.88. The van der Waals surface area contributed by atoms with Crippen LogP contribution in [0.1, 0.15) is 6.42 Å². The molecule has 3 rings (SSSR count). The Morgan fingerprint density at radius 3 is 2.94 bits per heavy atom. The maximum atomic E-state index is 4.21. The average molecular weight is 243 g/mol. The molecular weight excluding hydrogens is 226 g/mol. The van der Waals surface area contributed by atoms with Crippen molar-refractivity contribution in [1.29, 1.82) is 0 Å². The molecule has 0 aromatic carbocycles. The first kappa shape index (κ1) is 11.2. The first-order chi connectivity index (χ1) is 8.92. The van der Waals surface area contributed by atoms with Crippen LogP contribution in [0.3, 0.4) is 0 Å². The van der Waals surface area contributed by atoms with Gasteiger partial charge in [0.25, 0.3) is 0 Å². The van der Waals surface area contributed by atoms with E-state index in [1.165, 1.54) is 6.42 Å². The summed E-state index contributed by atoms with van der Waals surface area (Å²) in [6, 6.07) is 7.90. The minimum Gasteiger partial charge on any atom is -0.368 e. The van der Waals surface area contributed by atoms with E-state index in [-0.39, 0.29) is 0 Å². The standard InChI is InChI=1S/C13H17N5/c1-2-11(15-6-1)12-3-4-13(18-17-12)16-9-10-5-7-14-8-10/h1-4,6,10,14-15H,5,7-9H2,(H,16,18). The predicted octanol–water partition coefficient (Wildman–Crippen LogP) is 1.49. The summed E-state index contributed by atoms with van der Waals surface area (Å²) < 4.78 is 0.